The smallest absolute Gasteiger partial charge is 0.226 e. The Balaban J connectivity index is 1.41. The van der Waals surface area contributed by atoms with Gasteiger partial charge in [0, 0.05) is 34.8 Å². The molecule has 0 spiro atoms. The molecule has 35 heavy (non-hydrogen) atoms. The molecule has 1 aromatic carbocycles. The number of amides is 1. The first kappa shape index (κ1) is 20.8. The second-order valence-corrected chi connectivity index (χ2v) is 8.59. The second kappa shape index (κ2) is 8.21. The Kier molecular flexibility index (Phi) is 4.88. The largest absolute Gasteiger partial charge is 0.472 e. The van der Waals surface area contributed by atoms with Crippen LogP contribution in [0.5, 0.6) is 0 Å². The number of H-pyrrole nitrogens is 2. The predicted octanol–water partition coefficient (Wildman–Crippen LogP) is 5.42. The van der Waals surface area contributed by atoms with E-state index >= 15 is 0 Å². The van der Waals surface area contributed by atoms with Gasteiger partial charge in [-0.1, -0.05) is 19.9 Å². The average molecular weight is 464 g/mol. The number of nitrogens with one attached hydrogen (secondary N) is 3. The monoisotopic (exact) mass is 463 g/mol. The van der Waals surface area contributed by atoms with Gasteiger partial charge < -0.3 is 14.7 Å². The number of hydrogen-bond donors (Lipinski definition) is 3. The highest BCUT2D eigenvalue weighted by atomic mass is 16.3. The summed E-state index contributed by atoms with van der Waals surface area (Å²) >= 11 is 0. The van der Waals surface area contributed by atoms with E-state index in [4.69, 9.17) is 9.40 Å². The Labute approximate surface area is 199 Å². The van der Waals surface area contributed by atoms with Crippen molar-refractivity contribution in [3.05, 3.63) is 67.5 Å². The molecule has 0 saturated heterocycles. The lowest BCUT2D eigenvalue weighted by Crippen LogP contribution is -2.17. The number of imidazole rings is 1. The maximum atomic E-state index is 12.1. The van der Waals surface area contributed by atoms with E-state index < -0.39 is 0 Å². The molecule has 0 saturated carbocycles. The fourth-order valence-electron chi connectivity index (χ4n) is 3.98. The van der Waals surface area contributed by atoms with E-state index in [1.54, 1.807) is 31.1 Å². The number of fused-ring (bicyclic) bond motifs is 2. The van der Waals surface area contributed by atoms with Crippen LogP contribution in [0, 0.1) is 5.92 Å². The SMILES string of the molecule is CC(C)C(=O)Nc1cncc(-c2ccc3[nH]nc(-c4nc5c(-c6ccoc6)nccc5[nH]4)c3c2)c1. The maximum Gasteiger partial charge on any atom is 0.226 e. The van der Waals surface area contributed by atoms with Gasteiger partial charge in [-0.3, -0.25) is 19.9 Å². The van der Waals surface area contributed by atoms with Crippen molar-refractivity contribution in [2.45, 2.75) is 13.8 Å². The van der Waals surface area contributed by atoms with E-state index in [0.29, 0.717) is 17.2 Å². The molecule has 3 N–H and O–H groups in total. The molecule has 9 nitrogen and oxygen atoms in total. The van der Waals surface area contributed by atoms with Crippen molar-refractivity contribution in [3.63, 3.8) is 0 Å². The van der Waals surface area contributed by atoms with Crippen LogP contribution >= 0.6 is 0 Å². The summed E-state index contributed by atoms with van der Waals surface area (Å²) in [5, 5.41) is 11.4. The summed E-state index contributed by atoms with van der Waals surface area (Å²) in [4.78, 5) is 29.1. The van der Waals surface area contributed by atoms with Gasteiger partial charge in [0.15, 0.2) is 5.82 Å². The first-order chi connectivity index (χ1) is 17.1. The van der Waals surface area contributed by atoms with Crippen molar-refractivity contribution in [2.24, 2.45) is 5.92 Å². The topological polar surface area (TPSA) is 125 Å². The number of carbonyl (C=O) groups is 1. The van der Waals surface area contributed by atoms with Crippen molar-refractivity contribution in [3.8, 4) is 33.9 Å². The summed E-state index contributed by atoms with van der Waals surface area (Å²) in [6.07, 6.45) is 8.43. The van der Waals surface area contributed by atoms with E-state index in [1.807, 2.05) is 50.2 Å². The summed E-state index contributed by atoms with van der Waals surface area (Å²) in [7, 11) is 0. The molecule has 0 bridgehead atoms. The van der Waals surface area contributed by atoms with Crippen molar-refractivity contribution in [1.29, 1.82) is 0 Å². The third-order valence-corrected chi connectivity index (χ3v) is 5.85. The Hall–Kier alpha value is -4.79. The lowest BCUT2D eigenvalue weighted by Gasteiger charge is -2.09. The van der Waals surface area contributed by atoms with Crippen LogP contribution < -0.4 is 5.32 Å². The molecule has 6 rings (SSSR count). The number of anilines is 1. The molecule has 172 valence electrons. The van der Waals surface area contributed by atoms with Gasteiger partial charge in [0.25, 0.3) is 0 Å². The minimum absolute atomic E-state index is 0.0503. The Morgan fingerprint density at radius 2 is 1.91 bits per heavy atom. The average Bonchev–Trinajstić information content (AvgIpc) is 3.62. The zero-order valence-corrected chi connectivity index (χ0v) is 19.0. The molecule has 5 heterocycles. The molecule has 1 amide bonds. The van der Waals surface area contributed by atoms with Crippen molar-refractivity contribution >= 4 is 33.5 Å². The van der Waals surface area contributed by atoms with Crippen LogP contribution in [0.4, 0.5) is 5.69 Å². The standard InChI is InChI=1S/C26H21N7O2/c1-14(2)26(34)29-18-9-17(11-27-12-18)15-3-4-20-19(10-15)23(33-32-20)25-30-21-5-7-28-22(24(21)31-25)16-6-8-35-13-16/h3-14H,1-2H3,(H,29,34)(H,30,31)(H,32,33). The second-order valence-electron chi connectivity index (χ2n) is 8.59. The van der Waals surface area contributed by atoms with Crippen LogP contribution in [0.1, 0.15) is 13.8 Å². The molecule has 0 aliphatic heterocycles. The van der Waals surface area contributed by atoms with Gasteiger partial charge >= 0.3 is 0 Å². The molecule has 0 unspecified atom stereocenters. The number of aromatic nitrogens is 6. The van der Waals surface area contributed by atoms with Crippen LogP contribution in [0.2, 0.25) is 0 Å². The van der Waals surface area contributed by atoms with E-state index in [9.17, 15) is 4.79 Å². The number of carbonyl (C=O) groups excluding carboxylic acids is 1. The van der Waals surface area contributed by atoms with Gasteiger partial charge in [-0.15, -0.1) is 0 Å². The molecule has 0 fully saturated rings. The van der Waals surface area contributed by atoms with Gasteiger partial charge in [0.05, 0.1) is 35.4 Å². The fraction of sp³-hybridized carbons (Fsp3) is 0.115. The van der Waals surface area contributed by atoms with Crippen molar-refractivity contribution in [1.82, 2.24) is 30.1 Å². The Morgan fingerprint density at radius 3 is 2.74 bits per heavy atom. The van der Waals surface area contributed by atoms with Crippen LogP contribution in [0.3, 0.4) is 0 Å². The minimum Gasteiger partial charge on any atom is -0.472 e. The summed E-state index contributed by atoms with van der Waals surface area (Å²) in [6.45, 7) is 3.71. The summed E-state index contributed by atoms with van der Waals surface area (Å²) in [5.41, 5.74) is 7.28. The summed E-state index contributed by atoms with van der Waals surface area (Å²) in [6, 6.07) is 11.7. The first-order valence-electron chi connectivity index (χ1n) is 11.2. The zero-order valence-electron chi connectivity index (χ0n) is 19.0. The number of pyridine rings is 2. The number of furan rings is 1. The third kappa shape index (κ3) is 3.72. The minimum atomic E-state index is -0.114. The van der Waals surface area contributed by atoms with Gasteiger partial charge in [0.1, 0.15) is 16.9 Å². The van der Waals surface area contributed by atoms with Gasteiger partial charge in [-0.2, -0.15) is 5.10 Å². The highest BCUT2D eigenvalue weighted by Gasteiger charge is 2.17. The zero-order chi connectivity index (χ0) is 23.9. The first-order valence-corrected chi connectivity index (χ1v) is 11.2. The third-order valence-electron chi connectivity index (χ3n) is 5.85. The summed E-state index contributed by atoms with van der Waals surface area (Å²) < 4.78 is 5.23. The van der Waals surface area contributed by atoms with E-state index in [-0.39, 0.29) is 11.8 Å². The Morgan fingerprint density at radius 1 is 1.00 bits per heavy atom. The number of hydrogen-bond acceptors (Lipinski definition) is 6. The van der Waals surface area contributed by atoms with Gasteiger partial charge in [0.2, 0.25) is 5.91 Å². The van der Waals surface area contributed by atoms with E-state index in [0.717, 1.165) is 44.3 Å². The van der Waals surface area contributed by atoms with Crippen molar-refractivity contribution in [2.75, 3.05) is 5.32 Å². The maximum absolute atomic E-state index is 12.1. The fourth-order valence-corrected chi connectivity index (χ4v) is 3.98. The molecule has 0 aliphatic carbocycles. The van der Waals surface area contributed by atoms with Crippen molar-refractivity contribution < 1.29 is 9.21 Å². The quantitative estimate of drug-likeness (QED) is 0.314. The van der Waals surface area contributed by atoms with Crippen LogP contribution in [0.25, 0.3) is 55.8 Å². The molecule has 6 aromatic rings. The Bertz CT molecular complexity index is 1680. The highest BCUT2D eigenvalue weighted by Crippen LogP contribution is 2.32. The highest BCUT2D eigenvalue weighted by molar-refractivity contribution is 5.98. The molecule has 0 atom stereocenters. The van der Waals surface area contributed by atoms with Gasteiger partial charge in [-0.05, 0) is 35.9 Å². The number of benzene rings is 1. The molecule has 5 aromatic heterocycles. The predicted molar refractivity (Wildman–Crippen MR) is 133 cm³/mol. The van der Waals surface area contributed by atoms with E-state index in [2.05, 4.69) is 30.5 Å². The molecular weight excluding hydrogens is 442 g/mol. The molecule has 0 radical (unpaired) electrons. The van der Waals surface area contributed by atoms with Crippen LogP contribution in [-0.2, 0) is 4.79 Å². The number of nitrogens with zero attached hydrogens (tertiary/aromatic N) is 4. The van der Waals surface area contributed by atoms with E-state index in [1.165, 1.54) is 0 Å². The van der Waals surface area contributed by atoms with Gasteiger partial charge in [-0.25, -0.2) is 4.98 Å². The molecular formula is C26H21N7O2. The summed E-state index contributed by atoms with van der Waals surface area (Å²) in [5.74, 6) is 0.472. The normalized spacial score (nSPS) is 11.5. The lowest BCUT2D eigenvalue weighted by molar-refractivity contribution is -0.118. The lowest BCUT2D eigenvalue weighted by atomic mass is 10.0. The van der Waals surface area contributed by atoms with Crippen LogP contribution in [0.15, 0.2) is 71.9 Å². The van der Waals surface area contributed by atoms with Crippen LogP contribution in [-0.4, -0.2) is 36.0 Å². The molecule has 9 heteroatoms. The number of rotatable bonds is 5. The molecule has 0 aliphatic rings. The number of aromatic amines is 2.